The van der Waals surface area contributed by atoms with Crippen molar-refractivity contribution in [1.29, 1.82) is 0 Å². The number of benzene rings is 1. The molecule has 0 spiro atoms. The van der Waals surface area contributed by atoms with E-state index in [0.29, 0.717) is 0 Å². The van der Waals surface area contributed by atoms with E-state index in [2.05, 4.69) is 17.1 Å². The van der Waals surface area contributed by atoms with Gasteiger partial charge >= 0.3 is 0 Å². The summed E-state index contributed by atoms with van der Waals surface area (Å²) >= 11 is 0. The summed E-state index contributed by atoms with van der Waals surface area (Å²) in [6.07, 6.45) is 7.65. The average Bonchev–Trinajstić information content (AvgIpc) is 2.48. The molecule has 0 saturated heterocycles. The summed E-state index contributed by atoms with van der Waals surface area (Å²) in [6, 6.07) is 10.2. The smallest absolute Gasteiger partial charge is 0.109 e. The molecule has 0 aromatic heterocycles. The maximum atomic E-state index is 5.36. The zero-order valence-electron chi connectivity index (χ0n) is 7.76. The molecule has 0 atom stereocenters. The van der Waals surface area contributed by atoms with Crippen LogP contribution >= 0.6 is 0 Å². The minimum absolute atomic E-state index is 0.803. The van der Waals surface area contributed by atoms with E-state index in [1.54, 1.807) is 18.7 Å². The molecule has 0 bridgehead atoms. The maximum Gasteiger partial charge on any atom is 0.109 e. The minimum atomic E-state index is 0.803. The van der Waals surface area contributed by atoms with E-state index in [4.69, 9.17) is 4.74 Å². The van der Waals surface area contributed by atoms with Crippen molar-refractivity contribution in [2.45, 2.75) is 6.42 Å². The van der Waals surface area contributed by atoms with Crippen molar-refractivity contribution >= 4 is 6.21 Å². The molecule has 0 aliphatic carbocycles. The van der Waals surface area contributed by atoms with Gasteiger partial charge in [-0.1, -0.05) is 30.3 Å². The molecule has 70 valence electrons. The van der Waals surface area contributed by atoms with Gasteiger partial charge in [-0.2, -0.15) is 0 Å². The summed E-state index contributed by atoms with van der Waals surface area (Å²) in [7, 11) is 0. The fraction of sp³-hybridized carbons (Fsp3) is 0.0833. The molecule has 1 aromatic carbocycles. The average molecular weight is 185 g/mol. The number of rotatable bonds is 2. The summed E-state index contributed by atoms with van der Waals surface area (Å²) in [4.78, 5) is 3.96. The number of nitrogens with zero attached hydrogens (tertiary/aromatic N) is 1. The molecular formula is C12H11NO. The van der Waals surface area contributed by atoms with Gasteiger partial charge in [-0.25, -0.2) is 0 Å². The second kappa shape index (κ2) is 4.42. The third-order valence-corrected chi connectivity index (χ3v) is 1.93. The van der Waals surface area contributed by atoms with E-state index >= 15 is 0 Å². The number of hydrogen-bond acceptors (Lipinski definition) is 2. The lowest BCUT2D eigenvalue weighted by atomic mass is 10.1. The first kappa shape index (κ1) is 8.75. The lowest BCUT2D eigenvalue weighted by molar-refractivity contribution is 0.342. The summed E-state index contributed by atoms with van der Waals surface area (Å²) in [5, 5.41) is 0. The molecule has 1 heterocycles. The van der Waals surface area contributed by atoms with Gasteiger partial charge in [0.25, 0.3) is 0 Å². The minimum Gasteiger partial charge on any atom is -0.467 e. The van der Waals surface area contributed by atoms with Crippen LogP contribution in [-0.4, -0.2) is 6.21 Å². The van der Waals surface area contributed by atoms with Crippen molar-refractivity contribution < 1.29 is 4.74 Å². The summed E-state index contributed by atoms with van der Waals surface area (Å²) in [6.45, 7) is 0. The largest absolute Gasteiger partial charge is 0.467 e. The van der Waals surface area contributed by atoms with Gasteiger partial charge in [-0.05, 0) is 11.6 Å². The van der Waals surface area contributed by atoms with Gasteiger partial charge in [-0.15, -0.1) is 0 Å². The summed E-state index contributed by atoms with van der Waals surface area (Å²) < 4.78 is 5.36. The van der Waals surface area contributed by atoms with Crippen LogP contribution in [-0.2, 0) is 11.2 Å². The molecule has 1 aliphatic heterocycles. The first-order valence-electron chi connectivity index (χ1n) is 4.53. The van der Waals surface area contributed by atoms with Crippen molar-refractivity contribution in [3.05, 3.63) is 60.2 Å². The highest BCUT2D eigenvalue weighted by molar-refractivity contribution is 5.72. The third kappa shape index (κ3) is 2.33. The second-order valence-electron chi connectivity index (χ2n) is 3.00. The Hall–Kier alpha value is -1.83. The van der Waals surface area contributed by atoms with Gasteiger partial charge < -0.3 is 4.74 Å². The van der Waals surface area contributed by atoms with Crippen LogP contribution in [0.2, 0.25) is 0 Å². The van der Waals surface area contributed by atoms with Crippen LogP contribution in [0, 0.1) is 0 Å². The first-order valence-corrected chi connectivity index (χ1v) is 4.53. The Morgan fingerprint density at radius 3 is 2.86 bits per heavy atom. The molecule has 2 rings (SSSR count). The van der Waals surface area contributed by atoms with Crippen molar-refractivity contribution in [3.8, 4) is 0 Å². The number of allylic oxidation sites excluding steroid dienone is 2. The van der Waals surface area contributed by atoms with Crippen LogP contribution in [0.3, 0.4) is 0 Å². The number of ether oxygens (including phenoxy) is 1. The SMILES string of the molecule is C1=COC(Cc2ccccc2)=CC=N1. The van der Waals surface area contributed by atoms with Crippen molar-refractivity contribution in [1.82, 2.24) is 0 Å². The quantitative estimate of drug-likeness (QED) is 0.694. The number of aliphatic imine (C=N–C) groups is 1. The Bertz CT molecular complexity index is 377. The van der Waals surface area contributed by atoms with Gasteiger partial charge in [0.05, 0.1) is 6.20 Å². The van der Waals surface area contributed by atoms with Crippen LogP contribution in [0.4, 0.5) is 0 Å². The molecular weight excluding hydrogens is 174 g/mol. The molecule has 2 heteroatoms. The second-order valence-corrected chi connectivity index (χ2v) is 3.00. The predicted octanol–water partition coefficient (Wildman–Crippen LogP) is 2.69. The molecule has 14 heavy (non-hydrogen) atoms. The molecule has 0 unspecified atom stereocenters. The summed E-state index contributed by atoms with van der Waals surface area (Å²) in [5.74, 6) is 0.911. The first-order chi connectivity index (χ1) is 6.95. The van der Waals surface area contributed by atoms with Crippen LogP contribution in [0.15, 0.2) is 59.6 Å². The van der Waals surface area contributed by atoms with Gasteiger partial charge in [0.2, 0.25) is 0 Å². The zero-order valence-corrected chi connectivity index (χ0v) is 7.76. The molecule has 0 fully saturated rings. The van der Waals surface area contributed by atoms with Crippen LogP contribution in [0.25, 0.3) is 0 Å². The molecule has 0 radical (unpaired) electrons. The fourth-order valence-electron chi connectivity index (χ4n) is 1.27. The van der Waals surface area contributed by atoms with Gasteiger partial charge in [0.1, 0.15) is 12.0 Å². The highest BCUT2D eigenvalue weighted by atomic mass is 16.5. The maximum absolute atomic E-state index is 5.36. The van der Waals surface area contributed by atoms with E-state index in [-0.39, 0.29) is 0 Å². The van der Waals surface area contributed by atoms with E-state index in [0.717, 1.165) is 12.2 Å². The lowest BCUT2D eigenvalue weighted by Gasteiger charge is -2.04. The topological polar surface area (TPSA) is 21.6 Å². The molecule has 0 N–H and O–H groups in total. The van der Waals surface area contributed by atoms with Gasteiger partial charge in [0, 0.05) is 12.6 Å². The highest BCUT2D eigenvalue weighted by Crippen LogP contribution is 2.10. The van der Waals surface area contributed by atoms with E-state index in [9.17, 15) is 0 Å². The van der Waals surface area contributed by atoms with Gasteiger partial charge in [-0.3, -0.25) is 4.99 Å². The molecule has 1 aliphatic rings. The van der Waals surface area contributed by atoms with Crippen LogP contribution < -0.4 is 0 Å². The zero-order chi connectivity index (χ0) is 9.64. The van der Waals surface area contributed by atoms with E-state index < -0.39 is 0 Å². The Kier molecular flexibility index (Phi) is 2.76. The Labute approximate surface area is 83.2 Å². The van der Waals surface area contributed by atoms with E-state index in [1.807, 2.05) is 24.3 Å². The van der Waals surface area contributed by atoms with Crippen LogP contribution in [0.1, 0.15) is 5.56 Å². The van der Waals surface area contributed by atoms with Crippen molar-refractivity contribution in [3.63, 3.8) is 0 Å². The van der Waals surface area contributed by atoms with Crippen LogP contribution in [0.5, 0.6) is 0 Å². The monoisotopic (exact) mass is 185 g/mol. The molecule has 2 nitrogen and oxygen atoms in total. The summed E-state index contributed by atoms with van der Waals surface area (Å²) in [5.41, 5.74) is 1.24. The Morgan fingerprint density at radius 1 is 1.14 bits per heavy atom. The third-order valence-electron chi connectivity index (χ3n) is 1.93. The fourth-order valence-corrected chi connectivity index (χ4v) is 1.27. The van der Waals surface area contributed by atoms with Crippen molar-refractivity contribution in [2.75, 3.05) is 0 Å². The molecule has 1 aromatic rings. The molecule has 0 amide bonds. The van der Waals surface area contributed by atoms with E-state index in [1.165, 1.54) is 5.56 Å². The highest BCUT2D eigenvalue weighted by Gasteiger charge is 1.99. The lowest BCUT2D eigenvalue weighted by Crippen LogP contribution is -1.91. The Morgan fingerprint density at radius 2 is 2.00 bits per heavy atom. The van der Waals surface area contributed by atoms with Crippen molar-refractivity contribution in [2.24, 2.45) is 4.99 Å². The number of hydrogen-bond donors (Lipinski definition) is 0. The van der Waals surface area contributed by atoms with Gasteiger partial charge in [0.15, 0.2) is 0 Å². The Balaban J connectivity index is 2.08. The standard InChI is InChI=1S/C12H11NO/c1-2-4-11(5-3-1)10-12-6-7-13-8-9-14-12/h1-9H,10H2. The predicted molar refractivity (Wildman–Crippen MR) is 56.9 cm³/mol. The molecule has 0 saturated carbocycles. The normalized spacial score (nSPS) is 14.4.